The van der Waals surface area contributed by atoms with E-state index in [-0.39, 0.29) is 0 Å². The van der Waals surface area contributed by atoms with Crippen molar-refractivity contribution in [1.82, 2.24) is 4.98 Å². The molecule has 0 spiro atoms. The highest BCUT2D eigenvalue weighted by Crippen LogP contribution is 2.40. The third kappa shape index (κ3) is 1.67. The molecule has 3 aromatic rings. The van der Waals surface area contributed by atoms with Crippen LogP contribution in [0.25, 0.3) is 10.9 Å². The molecule has 0 fully saturated rings. The minimum absolute atomic E-state index is 0.461. The van der Waals surface area contributed by atoms with Gasteiger partial charge in [0.25, 0.3) is 0 Å². The molecular weight excluding hydrogens is 258 g/mol. The van der Waals surface area contributed by atoms with Crippen LogP contribution in [0.3, 0.4) is 0 Å². The fraction of sp³-hybridized carbons (Fsp3) is 0.111. The van der Waals surface area contributed by atoms with E-state index >= 15 is 0 Å². The summed E-state index contributed by atoms with van der Waals surface area (Å²) in [4.78, 5) is 9.42. The Morgan fingerprint density at radius 2 is 1.67 bits per heavy atom. The molecule has 3 nitrogen and oxygen atoms in total. The van der Waals surface area contributed by atoms with E-state index in [2.05, 4.69) is 31.2 Å². The van der Waals surface area contributed by atoms with Gasteiger partial charge in [0.15, 0.2) is 0 Å². The van der Waals surface area contributed by atoms with E-state index in [1.807, 2.05) is 36.4 Å². The van der Waals surface area contributed by atoms with Gasteiger partial charge >= 0.3 is 0 Å². The SMILES string of the molecule is CC1(c2ccccc2)N=C(N)c2nc3ccccc3cc21. The molecule has 4 rings (SSSR count). The minimum Gasteiger partial charge on any atom is -0.382 e. The average molecular weight is 273 g/mol. The Labute approximate surface area is 123 Å². The quantitative estimate of drug-likeness (QED) is 0.740. The molecule has 2 heterocycles. The lowest BCUT2D eigenvalue weighted by atomic mass is 9.85. The molecule has 1 aromatic heterocycles. The fourth-order valence-electron chi connectivity index (χ4n) is 3.02. The number of hydrogen-bond acceptors (Lipinski definition) is 3. The summed E-state index contributed by atoms with van der Waals surface area (Å²) in [5.41, 5.74) is 9.64. The number of aliphatic imine (C=N–C) groups is 1. The average Bonchev–Trinajstić information content (AvgIpc) is 2.78. The number of para-hydroxylation sites is 1. The molecular formula is C18H15N3. The number of pyridine rings is 1. The second-order valence-corrected chi connectivity index (χ2v) is 5.51. The van der Waals surface area contributed by atoms with Gasteiger partial charge in [-0.3, -0.25) is 4.99 Å². The molecule has 0 radical (unpaired) electrons. The Balaban J connectivity index is 2.02. The number of benzene rings is 2. The van der Waals surface area contributed by atoms with Gasteiger partial charge in [0.2, 0.25) is 0 Å². The lowest BCUT2D eigenvalue weighted by Crippen LogP contribution is -2.18. The molecule has 1 atom stereocenters. The van der Waals surface area contributed by atoms with Crippen LogP contribution in [-0.2, 0) is 5.54 Å². The minimum atomic E-state index is -0.461. The van der Waals surface area contributed by atoms with Crippen molar-refractivity contribution in [3.8, 4) is 0 Å². The number of amidine groups is 1. The largest absolute Gasteiger partial charge is 0.382 e. The smallest absolute Gasteiger partial charge is 0.146 e. The zero-order chi connectivity index (χ0) is 14.4. The van der Waals surface area contributed by atoms with Crippen LogP contribution in [0.4, 0.5) is 0 Å². The first kappa shape index (κ1) is 12.1. The topological polar surface area (TPSA) is 51.3 Å². The first-order chi connectivity index (χ1) is 10.2. The van der Waals surface area contributed by atoms with Gasteiger partial charge in [-0.05, 0) is 24.6 Å². The number of hydrogen-bond donors (Lipinski definition) is 1. The van der Waals surface area contributed by atoms with Crippen molar-refractivity contribution < 1.29 is 0 Å². The van der Waals surface area contributed by atoms with E-state index in [0.717, 1.165) is 27.7 Å². The summed E-state index contributed by atoms with van der Waals surface area (Å²) >= 11 is 0. The van der Waals surface area contributed by atoms with Gasteiger partial charge in [-0.2, -0.15) is 0 Å². The van der Waals surface area contributed by atoms with Crippen LogP contribution in [0.5, 0.6) is 0 Å². The molecule has 3 heteroatoms. The molecule has 1 aliphatic rings. The summed E-state index contributed by atoms with van der Waals surface area (Å²) in [6.45, 7) is 2.09. The molecule has 102 valence electrons. The highest BCUT2D eigenvalue weighted by atomic mass is 15.0. The number of nitrogens with zero attached hydrogens (tertiary/aromatic N) is 2. The van der Waals surface area contributed by atoms with E-state index in [1.54, 1.807) is 0 Å². The van der Waals surface area contributed by atoms with Crippen molar-refractivity contribution in [2.45, 2.75) is 12.5 Å². The summed E-state index contributed by atoms with van der Waals surface area (Å²) in [7, 11) is 0. The number of nitrogens with two attached hydrogens (primary N) is 1. The number of fused-ring (bicyclic) bond motifs is 2. The van der Waals surface area contributed by atoms with Gasteiger partial charge in [0.1, 0.15) is 17.1 Å². The van der Waals surface area contributed by atoms with E-state index in [1.165, 1.54) is 0 Å². The molecule has 21 heavy (non-hydrogen) atoms. The first-order valence-corrected chi connectivity index (χ1v) is 7.00. The van der Waals surface area contributed by atoms with Gasteiger partial charge < -0.3 is 5.73 Å². The zero-order valence-corrected chi connectivity index (χ0v) is 11.7. The molecule has 2 aromatic carbocycles. The van der Waals surface area contributed by atoms with Crippen molar-refractivity contribution in [1.29, 1.82) is 0 Å². The predicted octanol–water partition coefficient (Wildman–Crippen LogP) is 3.22. The van der Waals surface area contributed by atoms with E-state index in [9.17, 15) is 0 Å². The molecule has 0 aliphatic carbocycles. The first-order valence-electron chi connectivity index (χ1n) is 7.00. The summed E-state index contributed by atoms with van der Waals surface area (Å²) < 4.78 is 0. The molecule has 0 amide bonds. The summed E-state index contributed by atoms with van der Waals surface area (Å²) in [6.07, 6.45) is 0. The molecule has 0 saturated heterocycles. The van der Waals surface area contributed by atoms with Crippen molar-refractivity contribution in [3.05, 3.63) is 77.5 Å². The molecule has 0 saturated carbocycles. The maximum atomic E-state index is 6.14. The summed E-state index contributed by atoms with van der Waals surface area (Å²) in [5, 5.41) is 1.11. The van der Waals surface area contributed by atoms with Crippen LogP contribution in [0, 0.1) is 0 Å². The standard InChI is InChI=1S/C18H15N3/c1-18(13-8-3-2-4-9-13)14-11-12-7-5-6-10-15(12)20-16(14)17(19)21-18/h2-11H,1H3,(H2,19,21). The second-order valence-electron chi connectivity index (χ2n) is 5.51. The zero-order valence-electron chi connectivity index (χ0n) is 11.7. The van der Waals surface area contributed by atoms with Crippen LogP contribution in [0.15, 0.2) is 65.7 Å². The van der Waals surface area contributed by atoms with Crippen molar-refractivity contribution >= 4 is 16.7 Å². The maximum Gasteiger partial charge on any atom is 0.146 e. The molecule has 1 unspecified atom stereocenters. The summed E-state index contributed by atoms with van der Waals surface area (Å²) in [6, 6.07) is 20.5. The third-order valence-corrected chi connectivity index (χ3v) is 4.17. The predicted molar refractivity (Wildman–Crippen MR) is 85.4 cm³/mol. The Hall–Kier alpha value is -2.68. The highest BCUT2D eigenvalue weighted by Gasteiger charge is 2.37. The van der Waals surface area contributed by atoms with Crippen LogP contribution in [-0.4, -0.2) is 10.8 Å². The number of rotatable bonds is 1. The monoisotopic (exact) mass is 273 g/mol. The van der Waals surface area contributed by atoms with Crippen LogP contribution in [0.1, 0.15) is 23.7 Å². The molecule has 2 N–H and O–H groups in total. The Kier molecular flexibility index (Phi) is 2.39. The Bertz CT molecular complexity index is 868. The molecule has 1 aliphatic heterocycles. The highest BCUT2D eigenvalue weighted by molar-refractivity contribution is 6.02. The third-order valence-electron chi connectivity index (χ3n) is 4.17. The Morgan fingerprint density at radius 1 is 0.952 bits per heavy atom. The second kappa shape index (κ2) is 4.16. The lowest BCUT2D eigenvalue weighted by Gasteiger charge is -2.23. The lowest BCUT2D eigenvalue weighted by molar-refractivity contribution is 0.620. The maximum absolute atomic E-state index is 6.14. The van der Waals surface area contributed by atoms with Gasteiger partial charge in [-0.15, -0.1) is 0 Å². The van der Waals surface area contributed by atoms with E-state index in [4.69, 9.17) is 15.7 Å². The summed E-state index contributed by atoms with van der Waals surface area (Å²) in [5.74, 6) is 0.516. The van der Waals surface area contributed by atoms with Gasteiger partial charge in [0, 0.05) is 10.9 Å². The number of aromatic nitrogens is 1. The van der Waals surface area contributed by atoms with Crippen molar-refractivity contribution in [3.63, 3.8) is 0 Å². The van der Waals surface area contributed by atoms with E-state index in [0.29, 0.717) is 5.84 Å². The van der Waals surface area contributed by atoms with E-state index < -0.39 is 5.54 Å². The fourth-order valence-corrected chi connectivity index (χ4v) is 3.02. The van der Waals surface area contributed by atoms with Crippen molar-refractivity contribution in [2.24, 2.45) is 10.7 Å². The van der Waals surface area contributed by atoms with Gasteiger partial charge in [-0.25, -0.2) is 4.98 Å². The van der Waals surface area contributed by atoms with Crippen molar-refractivity contribution in [2.75, 3.05) is 0 Å². The van der Waals surface area contributed by atoms with Crippen LogP contribution < -0.4 is 5.73 Å². The van der Waals surface area contributed by atoms with Crippen LogP contribution >= 0.6 is 0 Å². The normalized spacial score (nSPS) is 20.3. The van der Waals surface area contributed by atoms with Gasteiger partial charge in [-0.1, -0.05) is 48.5 Å². The molecule has 0 bridgehead atoms. The van der Waals surface area contributed by atoms with Gasteiger partial charge in [0.05, 0.1) is 5.52 Å². The van der Waals surface area contributed by atoms with Crippen LogP contribution in [0.2, 0.25) is 0 Å². The Morgan fingerprint density at radius 3 is 2.48 bits per heavy atom.